The van der Waals surface area contributed by atoms with Crippen LogP contribution in [0.3, 0.4) is 0 Å². The number of hydrogen-bond acceptors (Lipinski definition) is 6. The summed E-state index contributed by atoms with van der Waals surface area (Å²) in [5, 5.41) is 5.88. The number of ether oxygens (including phenoxy) is 4. The van der Waals surface area contributed by atoms with E-state index in [1.807, 2.05) is 62.4 Å². The number of carbonyl (C=O) groups excluding carboxylic acids is 2. The van der Waals surface area contributed by atoms with Crippen LogP contribution in [0.15, 0.2) is 84.9 Å². The van der Waals surface area contributed by atoms with E-state index in [1.165, 1.54) is 12.2 Å². The summed E-state index contributed by atoms with van der Waals surface area (Å²) in [6.07, 6.45) is 6.40. The molecule has 226 valence electrons. The maximum atomic E-state index is 12.6. The second-order valence-corrected chi connectivity index (χ2v) is 9.93. The Labute approximate surface area is 257 Å². The summed E-state index contributed by atoms with van der Waals surface area (Å²) in [5.74, 6) is 1.95. The second kappa shape index (κ2) is 14.6. The van der Waals surface area contributed by atoms with Gasteiger partial charge in [-0.1, -0.05) is 24.3 Å². The summed E-state index contributed by atoms with van der Waals surface area (Å²) in [6, 6.07) is 22.6. The number of aryl methyl sites for hydroxylation is 2. The standard InChI is InChI=1S/C36H36N2O6/c1-23-19-27(11-13-29(23)37-35(39)17-9-25-7-15-31(41-3)33(21-25)43-5)28-12-14-30(24(2)20-28)38-36(40)18-10-26-8-16-32(42-4)34(22-26)44-6/h7-22H,1-6H3,(H,37,39)(H,38,40). The van der Waals surface area contributed by atoms with Gasteiger partial charge in [0.15, 0.2) is 23.0 Å². The third-order valence-corrected chi connectivity index (χ3v) is 6.97. The molecule has 0 fully saturated rings. The van der Waals surface area contributed by atoms with E-state index in [0.717, 1.165) is 44.8 Å². The van der Waals surface area contributed by atoms with Gasteiger partial charge in [0.25, 0.3) is 0 Å². The van der Waals surface area contributed by atoms with Crippen LogP contribution in [0.5, 0.6) is 23.0 Å². The van der Waals surface area contributed by atoms with E-state index in [2.05, 4.69) is 10.6 Å². The topological polar surface area (TPSA) is 95.1 Å². The molecule has 0 bridgehead atoms. The fourth-order valence-electron chi connectivity index (χ4n) is 4.57. The van der Waals surface area contributed by atoms with Gasteiger partial charge >= 0.3 is 0 Å². The molecule has 8 heteroatoms. The molecule has 0 radical (unpaired) electrons. The van der Waals surface area contributed by atoms with Crippen molar-refractivity contribution in [3.63, 3.8) is 0 Å². The van der Waals surface area contributed by atoms with Crippen molar-refractivity contribution in [1.29, 1.82) is 0 Å². The molecule has 0 saturated carbocycles. The van der Waals surface area contributed by atoms with Gasteiger partial charge in [0, 0.05) is 23.5 Å². The lowest BCUT2D eigenvalue weighted by atomic mass is 10.00. The zero-order valence-corrected chi connectivity index (χ0v) is 25.7. The average Bonchev–Trinajstić information content (AvgIpc) is 3.04. The van der Waals surface area contributed by atoms with Gasteiger partial charge in [-0.05, 0) is 108 Å². The third kappa shape index (κ3) is 7.86. The molecule has 2 N–H and O–H groups in total. The number of hydrogen-bond donors (Lipinski definition) is 2. The summed E-state index contributed by atoms with van der Waals surface area (Å²) >= 11 is 0. The Kier molecular flexibility index (Phi) is 10.4. The highest BCUT2D eigenvalue weighted by Crippen LogP contribution is 2.30. The number of anilines is 2. The molecule has 8 nitrogen and oxygen atoms in total. The maximum Gasteiger partial charge on any atom is 0.248 e. The molecule has 0 aromatic heterocycles. The highest BCUT2D eigenvalue weighted by molar-refractivity contribution is 6.03. The summed E-state index contributed by atoms with van der Waals surface area (Å²) in [4.78, 5) is 25.2. The minimum atomic E-state index is -0.244. The molecule has 0 unspecified atom stereocenters. The zero-order valence-electron chi connectivity index (χ0n) is 25.7. The number of methoxy groups -OCH3 is 4. The Morgan fingerprint density at radius 2 is 0.909 bits per heavy atom. The summed E-state index contributed by atoms with van der Waals surface area (Å²) in [5.41, 5.74) is 6.90. The molecular weight excluding hydrogens is 556 g/mol. The Morgan fingerprint density at radius 3 is 1.25 bits per heavy atom. The van der Waals surface area contributed by atoms with Crippen molar-refractivity contribution in [2.75, 3.05) is 39.1 Å². The molecule has 4 aromatic carbocycles. The van der Waals surface area contributed by atoms with E-state index in [1.54, 1.807) is 64.9 Å². The van der Waals surface area contributed by atoms with Gasteiger partial charge in [0.2, 0.25) is 11.8 Å². The van der Waals surface area contributed by atoms with Crippen LogP contribution in [-0.2, 0) is 9.59 Å². The lowest BCUT2D eigenvalue weighted by Crippen LogP contribution is -2.09. The van der Waals surface area contributed by atoms with Crippen molar-refractivity contribution in [1.82, 2.24) is 0 Å². The Morgan fingerprint density at radius 1 is 0.523 bits per heavy atom. The van der Waals surface area contributed by atoms with E-state index in [0.29, 0.717) is 23.0 Å². The van der Waals surface area contributed by atoms with Crippen molar-refractivity contribution in [3.05, 3.63) is 107 Å². The quantitative estimate of drug-likeness (QED) is 0.177. The molecule has 44 heavy (non-hydrogen) atoms. The predicted octanol–water partition coefficient (Wildman–Crippen LogP) is 7.31. The van der Waals surface area contributed by atoms with Crippen LogP contribution in [0.2, 0.25) is 0 Å². The number of nitrogens with one attached hydrogen (secondary N) is 2. The molecule has 4 aromatic rings. The van der Waals surface area contributed by atoms with Gasteiger partial charge in [-0.2, -0.15) is 0 Å². The first-order chi connectivity index (χ1) is 21.2. The smallest absolute Gasteiger partial charge is 0.248 e. The summed E-state index contributed by atoms with van der Waals surface area (Å²) in [6.45, 7) is 3.90. The minimum Gasteiger partial charge on any atom is -0.493 e. The van der Waals surface area contributed by atoms with Crippen LogP contribution < -0.4 is 29.6 Å². The summed E-state index contributed by atoms with van der Waals surface area (Å²) < 4.78 is 21.2. The normalized spacial score (nSPS) is 11.0. The van der Waals surface area contributed by atoms with Crippen LogP contribution in [0.4, 0.5) is 11.4 Å². The van der Waals surface area contributed by atoms with Crippen LogP contribution in [0.25, 0.3) is 23.3 Å². The van der Waals surface area contributed by atoms with Crippen LogP contribution >= 0.6 is 0 Å². The number of rotatable bonds is 11. The van der Waals surface area contributed by atoms with Gasteiger partial charge in [-0.3, -0.25) is 9.59 Å². The SMILES string of the molecule is COc1ccc(C=CC(=O)Nc2ccc(-c3ccc(NC(=O)C=Cc4ccc(OC)c(OC)c4)c(C)c3)cc2C)cc1OC. The van der Waals surface area contributed by atoms with Crippen molar-refractivity contribution >= 4 is 35.3 Å². The number of amides is 2. The van der Waals surface area contributed by atoms with Crippen molar-refractivity contribution in [2.45, 2.75) is 13.8 Å². The third-order valence-electron chi connectivity index (χ3n) is 6.97. The lowest BCUT2D eigenvalue weighted by Gasteiger charge is -2.12. The first-order valence-corrected chi connectivity index (χ1v) is 13.9. The Hall–Kier alpha value is -5.50. The molecule has 0 aliphatic heterocycles. The van der Waals surface area contributed by atoms with Crippen molar-refractivity contribution in [3.8, 4) is 34.1 Å². The predicted molar refractivity (Wildman–Crippen MR) is 176 cm³/mol. The van der Waals surface area contributed by atoms with Gasteiger partial charge in [0.05, 0.1) is 28.4 Å². The molecule has 0 atom stereocenters. The average molecular weight is 593 g/mol. The minimum absolute atomic E-state index is 0.244. The molecule has 0 aliphatic carbocycles. The fourth-order valence-corrected chi connectivity index (χ4v) is 4.57. The number of carbonyl (C=O) groups is 2. The molecule has 0 heterocycles. The largest absolute Gasteiger partial charge is 0.493 e. The molecule has 0 aliphatic rings. The second-order valence-electron chi connectivity index (χ2n) is 9.93. The number of benzene rings is 4. The van der Waals surface area contributed by atoms with Crippen molar-refractivity contribution < 1.29 is 28.5 Å². The highest BCUT2D eigenvalue weighted by Gasteiger charge is 2.09. The first-order valence-electron chi connectivity index (χ1n) is 13.9. The zero-order chi connectivity index (χ0) is 31.6. The Bertz CT molecular complexity index is 1600. The molecule has 2 amide bonds. The fraction of sp³-hybridized carbons (Fsp3) is 0.167. The maximum absolute atomic E-state index is 12.6. The molecule has 0 saturated heterocycles. The van der Waals surface area contributed by atoms with Gasteiger partial charge in [-0.15, -0.1) is 0 Å². The highest BCUT2D eigenvalue weighted by atomic mass is 16.5. The van der Waals surface area contributed by atoms with E-state index in [4.69, 9.17) is 18.9 Å². The van der Waals surface area contributed by atoms with E-state index in [-0.39, 0.29) is 11.8 Å². The lowest BCUT2D eigenvalue weighted by molar-refractivity contribution is -0.112. The van der Waals surface area contributed by atoms with Gasteiger partial charge in [-0.25, -0.2) is 0 Å². The monoisotopic (exact) mass is 592 g/mol. The molecule has 0 spiro atoms. The van der Waals surface area contributed by atoms with E-state index >= 15 is 0 Å². The Balaban J connectivity index is 1.39. The van der Waals surface area contributed by atoms with Crippen LogP contribution in [-0.4, -0.2) is 40.3 Å². The van der Waals surface area contributed by atoms with Gasteiger partial charge in [0.1, 0.15) is 0 Å². The van der Waals surface area contributed by atoms with Crippen molar-refractivity contribution in [2.24, 2.45) is 0 Å². The van der Waals surface area contributed by atoms with Crippen LogP contribution in [0, 0.1) is 13.8 Å². The van der Waals surface area contributed by atoms with E-state index in [9.17, 15) is 9.59 Å². The van der Waals surface area contributed by atoms with Gasteiger partial charge < -0.3 is 29.6 Å². The molecular formula is C36H36N2O6. The first kappa shape index (κ1) is 31.4. The van der Waals surface area contributed by atoms with Crippen LogP contribution in [0.1, 0.15) is 22.3 Å². The van der Waals surface area contributed by atoms with E-state index < -0.39 is 0 Å². The molecule has 4 rings (SSSR count). The summed E-state index contributed by atoms with van der Waals surface area (Å²) in [7, 11) is 6.29.